The van der Waals surface area contributed by atoms with Crippen LogP contribution >= 0.6 is 0 Å². The number of nitrogens with two attached hydrogens (primary N) is 1. The molecule has 0 saturated carbocycles. The minimum atomic E-state index is -0.449. The summed E-state index contributed by atoms with van der Waals surface area (Å²) in [5.74, 6) is 1.00. The molecule has 0 unspecified atom stereocenters. The fraction of sp³-hybridized carbons (Fsp3) is 0.308. The topological polar surface area (TPSA) is 111 Å². The Balaban J connectivity index is 2.01. The van der Waals surface area contributed by atoms with E-state index in [1.165, 1.54) is 12.1 Å². The van der Waals surface area contributed by atoms with Gasteiger partial charge in [-0.05, 0) is 12.8 Å². The van der Waals surface area contributed by atoms with Crippen molar-refractivity contribution in [3.8, 4) is 11.4 Å². The molecule has 2 aromatic rings. The lowest BCUT2D eigenvalue weighted by molar-refractivity contribution is -0.384. The Bertz CT molecular complexity index is 684. The molecule has 0 spiro atoms. The van der Waals surface area contributed by atoms with Crippen LogP contribution < -0.4 is 10.6 Å². The Morgan fingerprint density at radius 1 is 1.19 bits per heavy atom. The van der Waals surface area contributed by atoms with Crippen LogP contribution in [0.1, 0.15) is 12.8 Å². The summed E-state index contributed by atoms with van der Waals surface area (Å²) in [7, 11) is 0. The van der Waals surface area contributed by atoms with Gasteiger partial charge in [-0.1, -0.05) is 12.1 Å². The van der Waals surface area contributed by atoms with Gasteiger partial charge in [0, 0.05) is 30.8 Å². The molecule has 1 aromatic heterocycles. The molecule has 0 amide bonds. The minimum Gasteiger partial charge on any atom is -0.368 e. The second-order valence-electron chi connectivity index (χ2n) is 4.82. The summed E-state index contributed by atoms with van der Waals surface area (Å²) in [5, 5.41) is 10.8. The molecule has 8 heteroatoms. The quantitative estimate of drug-likeness (QED) is 0.674. The van der Waals surface area contributed by atoms with E-state index < -0.39 is 4.92 Å². The molecule has 1 aliphatic rings. The van der Waals surface area contributed by atoms with E-state index in [0.29, 0.717) is 17.3 Å². The van der Waals surface area contributed by atoms with Gasteiger partial charge in [0.05, 0.1) is 4.92 Å². The van der Waals surface area contributed by atoms with Crippen molar-refractivity contribution in [3.63, 3.8) is 0 Å². The van der Waals surface area contributed by atoms with Crippen LogP contribution in [-0.4, -0.2) is 33.0 Å². The van der Waals surface area contributed by atoms with Crippen LogP contribution in [0.5, 0.6) is 0 Å². The lowest BCUT2D eigenvalue weighted by Gasteiger charge is -2.15. The summed E-state index contributed by atoms with van der Waals surface area (Å²) in [6, 6.07) is 6.18. The summed E-state index contributed by atoms with van der Waals surface area (Å²) >= 11 is 0. The summed E-state index contributed by atoms with van der Waals surface area (Å²) in [6.45, 7) is 1.77. The number of non-ortho nitro benzene ring substituents is 1. The SMILES string of the molecule is Nc1nc(-c2cccc([N+](=O)[O-])c2)nc(N2CCCC2)n1. The van der Waals surface area contributed by atoms with Crippen molar-refractivity contribution >= 4 is 17.6 Å². The number of nitro groups is 1. The van der Waals surface area contributed by atoms with E-state index in [2.05, 4.69) is 15.0 Å². The summed E-state index contributed by atoms with van der Waals surface area (Å²) < 4.78 is 0. The molecule has 2 heterocycles. The van der Waals surface area contributed by atoms with Gasteiger partial charge in [-0.3, -0.25) is 10.1 Å². The Hall–Kier alpha value is -2.77. The first kappa shape index (κ1) is 13.2. The fourth-order valence-corrected chi connectivity index (χ4v) is 2.33. The van der Waals surface area contributed by atoms with Crippen LogP contribution in [0, 0.1) is 10.1 Å². The van der Waals surface area contributed by atoms with Crippen molar-refractivity contribution in [2.75, 3.05) is 23.7 Å². The van der Waals surface area contributed by atoms with Gasteiger partial charge in [0.1, 0.15) is 0 Å². The third kappa shape index (κ3) is 2.73. The summed E-state index contributed by atoms with van der Waals surface area (Å²) in [6.07, 6.45) is 2.19. The third-order valence-electron chi connectivity index (χ3n) is 3.34. The van der Waals surface area contributed by atoms with Crippen molar-refractivity contribution in [2.45, 2.75) is 12.8 Å². The van der Waals surface area contributed by atoms with Crippen molar-refractivity contribution < 1.29 is 4.92 Å². The molecule has 1 saturated heterocycles. The lowest BCUT2D eigenvalue weighted by atomic mass is 10.2. The second kappa shape index (κ2) is 5.31. The number of nitro benzene ring substituents is 1. The average Bonchev–Trinajstić information content (AvgIpc) is 3.01. The van der Waals surface area contributed by atoms with E-state index in [1.807, 2.05) is 4.90 Å². The van der Waals surface area contributed by atoms with Gasteiger partial charge in [0.2, 0.25) is 11.9 Å². The molecule has 0 aliphatic carbocycles. The largest absolute Gasteiger partial charge is 0.368 e. The normalized spacial score (nSPS) is 14.4. The Labute approximate surface area is 120 Å². The van der Waals surface area contributed by atoms with Crippen LogP contribution in [-0.2, 0) is 0 Å². The maximum atomic E-state index is 10.8. The Morgan fingerprint density at radius 3 is 2.67 bits per heavy atom. The Kier molecular flexibility index (Phi) is 3.35. The monoisotopic (exact) mass is 286 g/mol. The first-order valence-electron chi connectivity index (χ1n) is 6.65. The molecule has 0 atom stereocenters. The predicted molar refractivity (Wildman–Crippen MR) is 77.8 cm³/mol. The molecule has 21 heavy (non-hydrogen) atoms. The van der Waals surface area contributed by atoms with Gasteiger partial charge in [-0.25, -0.2) is 0 Å². The summed E-state index contributed by atoms with van der Waals surface area (Å²) in [4.78, 5) is 25.1. The number of rotatable bonds is 3. The van der Waals surface area contributed by atoms with Crippen LogP contribution in [0.4, 0.5) is 17.6 Å². The van der Waals surface area contributed by atoms with E-state index in [0.717, 1.165) is 25.9 Å². The molecular weight excluding hydrogens is 272 g/mol. The smallest absolute Gasteiger partial charge is 0.270 e. The highest BCUT2D eigenvalue weighted by Gasteiger charge is 2.18. The van der Waals surface area contributed by atoms with E-state index >= 15 is 0 Å². The lowest BCUT2D eigenvalue weighted by Crippen LogP contribution is -2.21. The minimum absolute atomic E-state index is 0.00536. The van der Waals surface area contributed by atoms with Crippen molar-refractivity contribution in [1.82, 2.24) is 15.0 Å². The van der Waals surface area contributed by atoms with Gasteiger partial charge >= 0.3 is 0 Å². The van der Waals surface area contributed by atoms with Gasteiger partial charge in [-0.2, -0.15) is 15.0 Å². The maximum absolute atomic E-state index is 10.8. The van der Waals surface area contributed by atoms with Crippen LogP contribution in [0.2, 0.25) is 0 Å². The Morgan fingerprint density at radius 2 is 1.95 bits per heavy atom. The summed E-state index contributed by atoms with van der Waals surface area (Å²) in [5.41, 5.74) is 6.29. The van der Waals surface area contributed by atoms with Gasteiger partial charge in [0.25, 0.3) is 5.69 Å². The van der Waals surface area contributed by atoms with Crippen molar-refractivity contribution in [2.24, 2.45) is 0 Å². The molecule has 8 nitrogen and oxygen atoms in total. The van der Waals surface area contributed by atoms with Gasteiger partial charge in [0.15, 0.2) is 5.82 Å². The molecule has 0 bridgehead atoms. The van der Waals surface area contributed by atoms with E-state index in [9.17, 15) is 10.1 Å². The first-order valence-corrected chi connectivity index (χ1v) is 6.65. The molecule has 3 rings (SSSR count). The zero-order chi connectivity index (χ0) is 14.8. The highest BCUT2D eigenvalue weighted by atomic mass is 16.6. The van der Waals surface area contributed by atoms with Gasteiger partial charge < -0.3 is 10.6 Å². The van der Waals surface area contributed by atoms with E-state index in [-0.39, 0.29) is 11.6 Å². The van der Waals surface area contributed by atoms with E-state index in [1.54, 1.807) is 12.1 Å². The molecule has 1 aliphatic heterocycles. The molecule has 2 N–H and O–H groups in total. The van der Waals surface area contributed by atoms with Crippen LogP contribution in [0.25, 0.3) is 11.4 Å². The number of nitrogen functional groups attached to an aromatic ring is 1. The van der Waals surface area contributed by atoms with Crippen molar-refractivity contribution in [3.05, 3.63) is 34.4 Å². The zero-order valence-electron chi connectivity index (χ0n) is 11.3. The molecule has 108 valence electrons. The first-order chi connectivity index (χ1) is 10.1. The number of benzene rings is 1. The predicted octanol–water partition coefficient (Wildman–Crippen LogP) is 1.63. The van der Waals surface area contributed by atoms with Crippen LogP contribution in [0.3, 0.4) is 0 Å². The van der Waals surface area contributed by atoms with Crippen LogP contribution in [0.15, 0.2) is 24.3 Å². The molecule has 1 fully saturated rings. The second-order valence-corrected chi connectivity index (χ2v) is 4.82. The van der Waals surface area contributed by atoms with E-state index in [4.69, 9.17) is 5.73 Å². The maximum Gasteiger partial charge on any atom is 0.270 e. The van der Waals surface area contributed by atoms with Gasteiger partial charge in [-0.15, -0.1) is 0 Å². The standard InChI is InChI=1S/C13H14N6O2/c14-12-15-11(9-4-3-5-10(8-9)19(20)21)16-13(17-12)18-6-1-2-7-18/h3-5,8H,1-2,6-7H2,(H2,14,15,16,17). The number of hydrogen-bond donors (Lipinski definition) is 1. The zero-order valence-corrected chi connectivity index (χ0v) is 11.3. The number of aromatic nitrogens is 3. The molecule has 1 aromatic carbocycles. The molecule has 0 radical (unpaired) electrons. The number of anilines is 2. The fourth-order valence-electron chi connectivity index (χ4n) is 2.33. The average molecular weight is 286 g/mol. The van der Waals surface area contributed by atoms with Crippen molar-refractivity contribution in [1.29, 1.82) is 0 Å². The third-order valence-corrected chi connectivity index (χ3v) is 3.34. The highest BCUT2D eigenvalue weighted by molar-refractivity contribution is 5.61. The highest BCUT2D eigenvalue weighted by Crippen LogP contribution is 2.24. The molecular formula is C13H14N6O2. The number of hydrogen-bond acceptors (Lipinski definition) is 7. The number of nitrogens with zero attached hydrogens (tertiary/aromatic N) is 5.